The maximum Gasteiger partial charge on any atom is 0.265 e. The van der Waals surface area contributed by atoms with Crippen LogP contribution in [-0.2, 0) is 4.74 Å². The molecule has 6 aromatic rings. The van der Waals surface area contributed by atoms with Crippen LogP contribution in [0.25, 0.3) is 67.1 Å². The summed E-state index contributed by atoms with van der Waals surface area (Å²) in [5.74, 6) is 0.744. The quantitative estimate of drug-likeness (QED) is 0.0758. The Morgan fingerprint density at radius 3 is 2.08 bits per heavy atom. The van der Waals surface area contributed by atoms with Crippen molar-refractivity contribution in [3.63, 3.8) is 0 Å². The van der Waals surface area contributed by atoms with Gasteiger partial charge in [0.2, 0.25) is 17.1 Å². The average Bonchev–Trinajstić information content (AvgIpc) is 3.81. The smallest absolute Gasteiger partial charge is 0.265 e. The molecule has 62 heavy (non-hydrogen) atoms. The standard InChI is InChI=1S/C51H47N6O5/c1-5-54(6-2)34-20-22-39-44(30-34)61-45-31-35(55(7-3)8-4)21-23-40(45)46(39)36-12-9-10-13-37(36)49-53-52-48(62-49)32-16-18-33(19-17-32)57-50(58)41-15-11-14-38-43(56-26-28-60-29-27-56)25-24-42(47(38)41)51(57)59/h9-25,30-31H,5-8,26-29H2,1-4H3/q+1. The lowest BCUT2D eigenvalue weighted by atomic mass is 9.90. The summed E-state index contributed by atoms with van der Waals surface area (Å²) in [5, 5.41) is 12.7. The molecule has 310 valence electrons. The third-order valence-electron chi connectivity index (χ3n) is 12.4. The van der Waals surface area contributed by atoms with Crippen molar-refractivity contribution in [1.29, 1.82) is 0 Å². The van der Waals surface area contributed by atoms with Crippen molar-refractivity contribution >= 4 is 50.6 Å². The molecule has 0 spiro atoms. The summed E-state index contributed by atoms with van der Waals surface area (Å²) in [6, 6.07) is 37.6. The molecule has 4 heterocycles. The van der Waals surface area contributed by atoms with Crippen molar-refractivity contribution in [2.24, 2.45) is 0 Å². The third-order valence-corrected chi connectivity index (χ3v) is 12.4. The number of morpholine rings is 1. The Bertz CT molecular complexity index is 3040. The summed E-state index contributed by atoms with van der Waals surface area (Å²) in [5.41, 5.74) is 8.71. The van der Waals surface area contributed by atoms with E-state index in [4.69, 9.17) is 13.6 Å². The zero-order valence-electron chi connectivity index (χ0n) is 35.4. The van der Waals surface area contributed by atoms with Gasteiger partial charge in [0, 0.05) is 99.2 Å². The number of carbonyl (C=O) groups excluding carboxylic acids is 2. The van der Waals surface area contributed by atoms with Gasteiger partial charge in [-0.25, -0.2) is 9.48 Å². The Balaban J connectivity index is 1.00. The summed E-state index contributed by atoms with van der Waals surface area (Å²) in [7, 11) is 0. The van der Waals surface area contributed by atoms with Crippen molar-refractivity contribution in [3.8, 4) is 45.4 Å². The first kappa shape index (κ1) is 39.1. The summed E-state index contributed by atoms with van der Waals surface area (Å²) in [6.07, 6.45) is 0. The first-order chi connectivity index (χ1) is 30.4. The number of amides is 2. The van der Waals surface area contributed by atoms with Crippen LogP contribution in [0.5, 0.6) is 0 Å². The summed E-state index contributed by atoms with van der Waals surface area (Å²) in [4.78, 5) is 34.0. The fourth-order valence-corrected chi connectivity index (χ4v) is 9.21. The van der Waals surface area contributed by atoms with E-state index in [-0.39, 0.29) is 11.8 Å². The molecule has 0 radical (unpaired) electrons. The van der Waals surface area contributed by atoms with Gasteiger partial charge in [-0.2, -0.15) is 0 Å². The molecule has 11 nitrogen and oxygen atoms in total. The van der Waals surface area contributed by atoms with E-state index >= 15 is 0 Å². The van der Waals surface area contributed by atoms with Crippen LogP contribution >= 0.6 is 0 Å². The van der Waals surface area contributed by atoms with Gasteiger partial charge in [0.05, 0.1) is 25.0 Å². The maximum absolute atomic E-state index is 14.1. The molecular weight excluding hydrogens is 777 g/mol. The second kappa shape index (κ2) is 16.1. The fourth-order valence-electron chi connectivity index (χ4n) is 9.21. The lowest BCUT2D eigenvalue weighted by Gasteiger charge is -2.32. The van der Waals surface area contributed by atoms with Gasteiger partial charge in [-0.15, -0.1) is 10.2 Å². The number of fused-ring (bicyclic) bond motifs is 2. The predicted molar refractivity (Wildman–Crippen MR) is 245 cm³/mol. The van der Waals surface area contributed by atoms with E-state index < -0.39 is 0 Å². The zero-order valence-corrected chi connectivity index (χ0v) is 35.4. The highest BCUT2D eigenvalue weighted by Crippen LogP contribution is 2.45. The second-order valence-corrected chi connectivity index (χ2v) is 15.6. The first-order valence-electron chi connectivity index (χ1n) is 21.5. The number of carbonyl (C=O) groups is 2. The lowest BCUT2D eigenvalue weighted by Crippen LogP contribution is -2.41. The van der Waals surface area contributed by atoms with E-state index in [1.165, 1.54) is 4.90 Å². The molecular formula is C51H47N6O5+. The van der Waals surface area contributed by atoms with Crippen LogP contribution in [0, 0.1) is 0 Å². The van der Waals surface area contributed by atoms with E-state index in [0.717, 1.165) is 100 Å². The molecule has 10 rings (SSSR count). The van der Waals surface area contributed by atoms with Crippen LogP contribution < -0.4 is 24.6 Å². The molecule has 3 aliphatic heterocycles. The molecule has 1 fully saturated rings. The number of anilines is 3. The molecule has 2 amide bonds. The molecule has 1 aromatic heterocycles. The van der Waals surface area contributed by atoms with Crippen molar-refractivity contribution < 1.29 is 23.2 Å². The van der Waals surface area contributed by atoms with Crippen LogP contribution in [0.1, 0.15) is 48.4 Å². The van der Waals surface area contributed by atoms with Crippen LogP contribution in [0.15, 0.2) is 124 Å². The summed E-state index contributed by atoms with van der Waals surface area (Å²) in [6.45, 7) is 15.0. The van der Waals surface area contributed by atoms with Gasteiger partial charge in [0.15, 0.2) is 0 Å². The van der Waals surface area contributed by atoms with E-state index in [0.29, 0.717) is 52.8 Å². The van der Waals surface area contributed by atoms with Crippen LogP contribution in [0.2, 0.25) is 0 Å². The molecule has 0 atom stereocenters. The Labute approximate surface area is 359 Å². The lowest BCUT2D eigenvalue weighted by molar-refractivity contribution is 0.0893. The molecule has 11 heteroatoms. The second-order valence-electron chi connectivity index (χ2n) is 15.6. The number of nitrogens with zero attached hydrogens (tertiary/aromatic N) is 6. The van der Waals surface area contributed by atoms with Gasteiger partial charge in [0.1, 0.15) is 24.4 Å². The monoisotopic (exact) mass is 823 g/mol. The van der Waals surface area contributed by atoms with Crippen LogP contribution in [0.3, 0.4) is 0 Å². The molecule has 1 aliphatic carbocycles. The Hall–Kier alpha value is -7.11. The fraction of sp³-hybridized carbons (Fsp3) is 0.235. The molecule has 0 saturated carbocycles. The minimum Gasteiger partial charge on any atom is -0.456 e. The van der Waals surface area contributed by atoms with Crippen LogP contribution in [0.4, 0.5) is 17.1 Å². The van der Waals surface area contributed by atoms with Gasteiger partial charge in [0.25, 0.3) is 11.8 Å². The minimum absolute atomic E-state index is 0.314. The number of aromatic nitrogens is 2. The van der Waals surface area contributed by atoms with Gasteiger partial charge in [-0.1, -0.05) is 30.3 Å². The number of rotatable bonds is 10. The summed E-state index contributed by atoms with van der Waals surface area (Å²) < 4.78 is 21.1. The number of ether oxygens (including phenoxy) is 1. The molecule has 5 aromatic carbocycles. The number of benzene rings is 6. The molecule has 0 N–H and O–H groups in total. The molecule has 4 aliphatic rings. The summed E-state index contributed by atoms with van der Waals surface area (Å²) >= 11 is 0. The topological polar surface area (TPSA) is 108 Å². The Kier molecular flexibility index (Phi) is 10.1. The van der Waals surface area contributed by atoms with Crippen molar-refractivity contribution in [2.75, 3.05) is 67.2 Å². The SMILES string of the molecule is CCN(CC)c1ccc2c(-c3ccccc3-c3nnc(-c4ccc(N5C(=O)c6cccc7c(N8CCOCC8)ccc(c67)C5=O)cc4)o3)c3ccc(=[N+](CC)CC)cc-3oc2c1. The van der Waals surface area contributed by atoms with Crippen molar-refractivity contribution in [3.05, 3.63) is 132 Å². The van der Waals surface area contributed by atoms with Gasteiger partial charge >= 0.3 is 0 Å². The van der Waals surface area contributed by atoms with Crippen LogP contribution in [-0.4, -0.2) is 74.5 Å². The van der Waals surface area contributed by atoms with Gasteiger partial charge in [-0.3, -0.25) is 9.59 Å². The van der Waals surface area contributed by atoms with E-state index in [2.05, 4.69) is 94.7 Å². The number of hydrogen-bond acceptors (Lipinski definition) is 9. The largest absolute Gasteiger partial charge is 0.456 e. The molecule has 0 bridgehead atoms. The van der Waals surface area contributed by atoms with E-state index in [1.54, 1.807) is 30.3 Å². The highest BCUT2D eigenvalue weighted by Gasteiger charge is 2.35. The molecule has 0 unspecified atom stereocenters. The number of hydrogen-bond donors (Lipinski definition) is 0. The highest BCUT2D eigenvalue weighted by atomic mass is 16.5. The maximum atomic E-state index is 14.1. The zero-order chi connectivity index (χ0) is 42.5. The van der Waals surface area contributed by atoms with E-state index in [9.17, 15) is 9.59 Å². The Morgan fingerprint density at radius 2 is 1.34 bits per heavy atom. The number of imide groups is 1. The molecule has 1 saturated heterocycles. The third kappa shape index (κ3) is 6.51. The van der Waals surface area contributed by atoms with E-state index in [1.807, 2.05) is 42.5 Å². The van der Waals surface area contributed by atoms with Gasteiger partial charge < -0.3 is 23.4 Å². The Morgan fingerprint density at radius 1 is 0.645 bits per heavy atom. The minimum atomic E-state index is -0.362. The normalized spacial score (nSPS) is 14.1. The highest BCUT2D eigenvalue weighted by molar-refractivity contribution is 6.36. The van der Waals surface area contributed by atoms with Crippen molar-refractivity contribution in [1.82, 2.24) is 14.8 Å². The van der Waals surface area contributed by atoms with Crippen molar-refractivity contribution in [2.45, 2.75) is 27.7 Å². The first-order valence-corrected chi connectivity index (χ1v) is 21.5. The average molecular weight is 824 g/mol. The predicted octanol–water partition coefficient (Wildman–Crippen LogP) is 9.37. The van der Waals surface area contributed by atoms with Gasteiger partial charge in [-0.05, 0) is 100.0 Å².